The summed E-state index contributed by atoms with van der Waals surface area (Å²) in [4.78, 5) is 10.4. The van der Waals surface area contributed by atoms with Gasteiger partial charge in [0.15, 0.2) is 12.5 Å². The number of likely N-dealkylation sites (tertiary alicyclic amines) is 1. The summed E-state index contributed by atoms with van der Waals surface area (Å²) >= 11 is 0. The average Bonchev–Trinajstić information content (AvgIpc) is 2.08. The van der Waals surface area contributed by atoms with E-state index in [9.17, 15) is 40.5 Å². The Balaban J connectivity index is 3.50. The van der Waals surface area contributed by atoms with Gasteiger partial charge in [0.25, 0.3) is 0 Å². The molecule has 21 heavy (non-hydrogen) atoms. The van der Waals surface area contributed by atoms with Crippen molar-refractivity contribution in [1.29, 1.82) is 0 Å². The van der Waals surface area contributed by atoms with Crippen LogP contribution in [0.4, 0.5) is 0 Å². The molecule has 1 fully saturated rings. The predicted octanol–water partition coefficient (Wildman–Crippen LogP) is -6.45. The van der Waals surface area contributed by atoms with Crippen LogP contribution in [0.15, 0.2) is 0 Å². The van der Waals surface area contributed by atoms with E-state index in [-0.39, 0.29) is 0 Å². The Morgan fingerprint density at radius 3 is 1.67 bits per heavy atom. The zero-order valence-electron chi connectivity index (χ0n) is 10.3. The summed E-state index contributed by atoms with van der Waals surface area (Å²) in [7, 11) is 0. The van der Waals surface area contributed by atoms with E-state index in [4.69, 9.17) is 20.4 Å². The molecule has 13 heteroatoms. The number of hydrogen-bond donors (Lipinski definition) is 11. The fraction of sp³-hybridized carbons (Fsp3) is 0.875. The van der Waals surface area contributed by atoms with Gasteiger partial charge in [0.05, 0.1) is 6.42 Å². The first-order valence-corrected chi connectivity index (χ1v) is 5.35. The highest BCUT2D eigenvalue weighted by molar-refractivity contribution is 5.67. The Morgan fingerprint density at radius 2 is 1.43 bits per heavy atom. The molecular weight excluding hydrogens is 302 g/mol. The highest BCUT2D eigenvalue weighted by atomic mass is 16.8. The molecule has 1 saturated heterocycles. The molecule has 1 unspecified atom stereocenters. The van der Waals surface area contributed by atoms with Crippen LogP contribution in [0.5, 0.6) is 0 Å². The SMILES string of the molecule is O=C(O)CC(O)C(O)(O)[N+]1(C(O)(O)O)C(O)(O)CC1(O)O. The Labute approximate surface area is 115 Å². The maximum Gasteiger partial charge on any atom is 0.455 e. The number of carbonyl (C=O) groups is 1. The maximum absolute atomic E-state index is 10.4. The Bertz CT molecular complexity index is 406. The molecule has 124 valence electrons. The van der Waals surface area contributed by atoms with E-state index in [1.54, 1.807) is 0 Å². The number of rotatable bonds is 5. The number of aliphatic carboxylic acids is 1. The second-order valence-electron chi connectivity index (χ2n) is 4.80. The highest BCUT2D eigenvalue weighted by Gasteiger charge is 2.92. The van der Waals surface area contributed by atoms with E-state index in [0.717, 1.165) is 0 Å². The first-order chi connectivity index (χ1) is 9.04. The van der Waals surface area contributed by atoms with E-state index in [1.807, 2.05) is 0 Å². The van der Waals surface area contributed by atoms with Crippen molar-refractivity contribution in [3.63, 3.8) is 0 Å². The summed E-state index contributed by atoms with van der Waals surface area (Å²) in [6.07, 6.45) is -10.5. The number of hydrogen-bond acceptors (Lipinski definition) is 11. The van der Waals surface area contributed by atoms with Gasteiger partial charge in [-0.2, -0.15) is 0 Å². The van der Waals surface area contributed by atoms with Crippen molar-refractivity contribution in [2.24, 2.45) is 0 Å². The zero-order chi connectivity index (χ0) is 17.1. The zero-order valence-corrected chi connectivity index (χ0v) is 10.3. The highest BCUT2D eigenvalue weighted by Crippen LogP contribution is 2.56. The van der Waals surface area contributed by atoms with E-state index in [0.29, 0.717) is 0 Å². The number of carboxylic acid groups (broad SMARTS) is 1. The lowest BCUT2D eigenvalue weighted by atomic mass is 9.92. The molecule has 0 aromatic rings. The van der Waals surface area contributed by atoms with Gasteiger partial charge < -0.3 is 40.9 Å². The van der Waals surface area contributed by atoms with Crippen LogP contribution >= 0.6 is 0 Å². The van der Waals surface area contributed by atoms with Gasteiger partial charge in [-0.3, -0.25) is 20.1 Å². The summed E-state index contributed by atoms with van der Waals surface area (Å²) in [5, 5.41) is 103. The quantitative estimate of drug-likeness (QED) is 0.167. The minimum absolute atomic E-state index is 1.49. The van der Waals surface area contributed by atoms with Crippen LogP contribution in [0, 0.1) is 0 Å². The first kappa shape index (κ1) is 18.1. The van der Waals surface area contributed by atoms with Gasteiger partial charge in [-0.05, 0) is 0 Å². The van der Waals surface area contributed by atoms with Gasteiger partial charge >= 0.3 is 29.8 Å². The van der Waals surface area contributed by atoms with Gasteiger partial charge in [0.2, 0.25) is 0 Å². The summed E-state index contributed by atoms with van der Waals surface area (Å²) in [5.41, 5.74) is 0. The van der Waals surface area contributed by atoms with E-state index in [2.05, 4.69) is 0 Å². The molecule has 1 aliphatic heterocycles. The van der Waals surface area contributed by atoms with Crippen LogP contribution in [-0.2, 0) is 4.79 Å². The number of aliphatic hydroxyl groups excluding tert-OH is 1. The topological polar surface area (TPSA) is 240 Å². The summed E-state index contributed by atoms with van der Waals surface area (Å²) in [5.74, 6) is -13.7. The van der Waals surface area contributed by atoms with Crippen LogP contribution < -0.4 is 0 Å². The van der Waals surface area contributed by atoms with E-state index < -0.39 is 53.2 Å². The molecule has 0 aromatic heterocycles. The molecule has 0 radical (unpaired) electrons. The van der Waals surface area contributed by atoms with Gasteiger partial charge in [-0.25, -0.2) is 0 Å². The second-order valence-corrected chi connectivity index (χ2v) is 4.80. The third-order valence-electron chi connectivity index (χ3n) is 3.31. The van der Waals surface area contributed by atoms with Crippen LogP contribution in [0.3, 0.4) is 0 Å². The molecule has 0 saturated carbocycles. The molecule has 1 atom stereocenters. The van der Waals surface area contributed by atoms with Gasteiger partial charge in [0, 0.05) is 0 Å². The molecule has 0 aromatic carbocycles. The molecule has 1 heterocycles. The van der Waals surface area contributed by atoms with Crippen molar-refractivity contribution in [1.82, 2.24) is 0 Å². The molecule has 13 nitrogen and oxygen atoms in total. The normalized spacial score (nSPS) is 25.0. The fourth-order valence-corrected chi connectivity index (χ4v) is 2.51. The molecule has 0 spiro atoms. The van der Waals surface area contributed by atoms with Crippen molar-refractivity contribution in [2.75, 3.05) is 0 Å². The summed E-state index contributed by atoms with van der Waals surface area (Å²) < 4.78 is -3.30. The van der Waals surface area contributed by atoms with E-state index >= 15 is 0 Å². The minimum Gasteiger partial charge on any atom is -0.481 e. The first-order valence-electron chi connectivity index (χ1n) is 5.35. The molecule has 1 aliphatic rings. The van der Waals surface area contributed by atoms with Gasteiger partial charge in [-0.1, -0.05) is 4.48 Å². The van der Waals surface area contributed by atoms with Crippen LogP contribution in [-0.4, -0.2) is 96.6 Å². The Kier molecular flexibility index (Phi) is 3.88. The van der Waals surface area contributed by atoms with Crippen molar-refractivity contribution < 1.29 is 65.4 Å². The van der Waals surface area contributed by atoms with Gasteiger partial charge in [-0.15, -0.1) is 0 Å². The van der Waals surface area contributed by atoms with Crippen LogP contribution in [0.2, 0.25) is 0 Å². The molecule has 0 aliphatic carbocycles. The maximum atomic E-state index is 10.4. The summed E-state index contributed by atoms with van der Waals surface area (Å²) in [6.45, 7) is 0. The molecule has 0 bridgehead atoms. The number of carboxylic acids is 1. The van der Waals surface area contributed by atoms with Crippen molar-refractivity contribution in [3.8, 4) is 0 Å². The Morgan fingerprint density at radius 1 is 1.05 bits per heavy atom. The standard InChI is InChI=1S/C8H15NO12/c10-3(1-4(11)12)7(17,18)9(8(19,20)21)5(13,14)2-6(9,15)16/h3,10,13-21H,1-2H2/p+1. The third-order valence-corrected chi connectivity index (χ3v) is 3.31. The largest absolute Gasteiger partial charge is 0.481 e. The monoisotopic (exact) mass is 318 g/mol. The minimum atomic E-state index is -4.60. The van der Waals surface area contributed by atoms with Crippen molar-refractivity contribution >= 4 is 5.97 Å². The molecule has 11 N–H and O–H groups in total. The third kappa shape index (κ3) is 2.12. The lowest BCUT2D eigenvalue weighted by molar-refractivity contribution is -1.28. The predicted molar refractivity (Wildman–Crippen MR) is 54.0 cm³/mol. The lowest BCUT2D eigenvalue weighted by Crippen LogP contribution is -2.99. The number of aliphatic hydroxyl groups is 10. The lowest BCUT2D eigenvalue weighted by Gasteiger charge is -2.65. The molecule has 0 amide bonds. The molecule has 1 rings (SSSR count). The van der Waals surface area contributed by atoms with Crippen molar-refractivity contribution in [2.45, 2.75) is 42.8 Å². The van der Waals surface area contributed by atoms with E-state index in [1.165, 1.54) is 0 Å². The second kappa shape index (κ2) is 4.51. The number of nitrogens with zero attached hydrogens (tertiary/aromatic N) is 1. The van der Waals surface area contributed by atoms with Gasteiger partial charge in [0.1, 0.15) is 0 Å². The van der Waals surface area contributed by atoms with Crippen LogP contribution in [0.1, 0.15) is 12.8 Å². The molecular formula is C8H16NO12+. The average molecular weight is 318 g/mol. The number of quaternary nitrogens is 1. The van der Waals surface area contributed by atoms with Crippen LogP contribution in [0.25, 0.3) is 0 Å². The Hall–Kier alpha value is -0.970. The van der Waals surface area contributed by atoms with Crippen molar-refractivity contribution in [3.05, 3.63) is 0 Å². The smallest absolute Gasteiger partial charge is 0.455 e. The summed E-state index contributed by atoms with van der Waals surface area (Å²) in [6, 6.07) is 0. The fourth-order valence-electron chi connectivity index (χ4n) is 2.51.